The van der Waals surface area contributed by atoms with Crippen LogP contribution in [0.5, 0.6) is 0 Å². The van der Waals surface area contributed by atoms with E-state index in [1.54, 1.807) is 0 Å². The van der Waals surface area contributed by atoms with Gasteiger partial charge < -0.3 is 19.3 Å². The second-order valence-corrected chi connectivity index (χ2v) is 7.64. The molecule has 2 saturated heterocycles. The monoisotopic (exact) mass is 322 g/mol. The van der Waals surface area contributed by atoms with Gasteiger partial charge in [0.25, 0.3) is 0 Å². The Morgan fingerprint density at radius 3 is 2.78 bits per heavy atom. The second kappa shape index (κ2) is 4.57. The van der Waals surface area contributed by atoms with E-state index in [2.05, 4.69) is 13.5 Å². The highest BCUT2D eigenvalue weighted by Gasteiger charge is 2.74. The topological polar surface area (TPSA) is 85.4 Å². The molecule has 0 amide bonds. The molecule has 0 aromatic heterocycles. The summed E-state index contributed by atoms with van der Waals surface area (Å²) in [4.78, 5) is 23.7. The van der Waals surface area contributed by atoms with Crippen LogP contribution in [0.15, 0.2) is 12.2 Å². The van der Waals surface area contributed by atoms with Crippen LogP contribution in [0, 0.1) is 23.2 Å². The van der Waals surface area contributed by atoms with Gasteiger partial charge in [0.2, 0.25) is 0 Å². The molecular weight excluding hydrogens is 300 g/mol. The molecule has 4 fully saturated rings. The summed E-state index contributed by atoms with van der Waals surface area (Å²) < 4.78 is 16.8. The first-order chi connectivity index (χ1) is 10.8. The van der Waals surface area contributed by atoms with Crippen molar-refractivity contribution in [3.8, 4) is 0 Å². The number of carbonyl (C=O) groups is 2. The maximum atomic E-state index is 12.0. The third-order valence-corrected chi connectivity index (χ3v) is 6.35. The number of esters is 2. The van der Waals surface area contributed by atoms with Crippen molar-refractivity contribution < 1.29 is 28.9 Å². The lowest BCUT2D eigenvalue weighted by Gasteiger charge is -2.44. The van der Waals surface area contributed by atoms with E-state index in [-0.39, 0.29) is 30.1 Å². The molecule has 2 saturated carbocycles. The van der Waals surface area contributed by atoms with E-state index in [0.717, 1.165) is 0 Å². The van der Waals surface area contributed by atoms with Crippen molar-refractivity contribution in [3.05, 3.63) is 12.2 Å². The zero-order valence-corrected chi connectivity index (χ0v) is 13.5. The highest BCUT2D eigenvalue weighted by molar-refractivity contribution is 5.91. The van der Waals surface area contributed by atoms with Crippen LogP contribution in [0.1, 0.15) is 27.2 Å². The number of hydrogen-bond donors (Lipinski definition) is 1. The molecule has 23 heavy (non-hydrogen) atoms. The Bertz CT molecular complexity index is 600. The molecule has 0 aromatic carbocycles. The molecule has 2 heterocycles. The van der Waals surface area contributed by atoms with Crippen LogP contribution in [-0.2, 0) is 23.8 Å². The van der Waals surface area contributed by atoms with Gasteiger partial charge in [-0.15, -0.1) is 0 Å². The summed E-state index contributed by atoms with van der Waals surface area (Å²) in [5.41, 5.74) is -0.335. The molecule has 6 heteroatoms. The number of ether oxygens (including phenoxy) is 3. The second-order valence-electron chi connectivity index (χ2n) is 7.64. The predicted molar refractivity (Wildman–Crippen MR) is 78.1 cm³/mol. The molecule has 0 radical (unpaired) electrons. The predicted octanol–water partition coefficient (Wildman–Crippen LogP) is 0.820. The molecule has 9 atom stereocenters. The van der Waals surface area contributed by atoms with Crippen LogP contribution in [0.2, 0.25) is 0 Å². The smallest absolute Gasteiger partial charge is 0.334 e. The number of aliphatic hydroxyl groups excluding tert-OH is 1. The van der Waals surface area contributed by atoms with Gasteiger partial charge in [-0.05, 0) is 12.3 Å². The number of fused-ring (bicyclic) bond motifs is 4. The quantitative estimate of drug-likeness (QED) is 0.437. The van der Waals surface area contributed by atoms with E-state index in [9.17, 15) is 14.7 Å². The number of hydrogen-bond acceptors (Lipinski definition) is 6. The van der Waals surface area contributed by atoms with Crippen LogP contribution in [0.4, 0.5) is 0 Å². The van der Waals surface area contributed by atoms with Gasteiger partial charge in [0.15, 0.2) is 0 Å². The highest BCUT2D eigenvalue weighted by Crippen LogP contribution is 2.63. The Labute approximate surface area is 134 Å². The SMILES string of the molecule is C=C1C(=O)OC2CC(C)C3C4OC4C(O)C3(C)C(OC(C)=O)C12. The summed E-state index contributed by atoms with van der Waals surface area (Å²) >= 11 is 0. The highest BCUT2D eigenvalue weighted by atomic mass is 16.6. The fourth-order valence-electron chi connectivity index (χ4n) is 5.38. The minimum absolute atomic E-state index is 0.00847. The molecule has 2 aliphatic carbocycles. The Morgan fingerprint density at radius 2 is 2.13 bits per heavy atom. The Balaban J connectivity index is 1.82. The lowest BCUT2D eigenvalue weighted by Crippen LogP contribution is -2.53. The number of carbonyl (C=O) groups excluding carboxylic acids is 2. The van der Waals surface area contributed by atoms with Crippen LogP contribution < -0.4 is 0 Å². The van der Waals surface area contributed by atoms with Crippen LogP contribution >= 0.6 is 0 Å². The summed E-state index contributed by atoms with van der Waals surface area (Å²) in [7, 11) is 0. The van der Waals surface area contributed by atoms with Crippen molar-refractivity contribution in [2.75, 3.05) is 0 Å². The van der Waals surface area contributed by atoms with Crippen LogP contribution in [0.25, 0.3) is 0 Å². The average molecular weight is 322 g/mol. The Hall–Kier alpha value is -1.40. The summed E-state index contributed by atoms with van der Waals surface area (Å²) in [5.74, 6) is -1.02. The number of rotatable bonds is 1. The van der Waals surface area contributed by atoms with Crippen molar-refractivity contribution in [2.45, 2.75) is 57.7 Å². The van der Waals surface area contributed by atoms with Crippen molar-refractivity contribution in [1.29, 1.82) is 0 Å². The lowest BCUT2D eigenvalue weighted by molar-refractivity contribution is -0.174. The molecular formula is C17H22O6. The fraction of sp³-hybridized carbons (Fsp3) is 0.765. The summed E-state index contributed by atoms with van der Waals surface area (Å²) in [5, 5.41) is 10.8. The van der Waals surface area contributed by atoms with Crippen molar-refractivity contribution in [2.24, 2.45) is 23.2 Å². The van der Waals surface area contributed by atoms with Crippen molar-refractivity contribution >= 4 is 11.9 Å². The lowest BCUT2D eigenvalue weighted by atomic mass is 9.66. The number of epoxide rings is 1. The summed E-state index contributed by atoms with van der Waals surface area (Å²) in [6.07, 6.45) is -1.27. The zero-order chi connectivity index (χ0) is 16.7. The van der Waals surface area contributed by atoms with Crippen LogP contribution in [-0.4, -0.2) is 47.6 Å². The zero-order valence-electron chi connectivity index (χ0n) is 13.5. The summed E-state index contributed by atoms with van der Waals surface area (Å²) in [6.45, 7) is 9.24. The third kappa shape index (κ3) is 1.82. The molecule has 4 rings (SSSR count). The fourth-order valence-corrected chi connectivity index (χ4v) is 5.38. The van der Waals surface area contributed by atoms with Crippen LogP contribution in [0.3, 0.4) is 0 Å². The van der Waals surface area contributed by atoms with E-state index in [1.807, 2.05) is 6.92 Å². The largest absolute Gasteiger partial charge is 0.461 e. The maximum absolute atomic E-state index is 12.0. The molecule has 9 unspecified atom stereocenters. The van der Waals surface area contributed by atoms with Crippen molar-refractivity contribution in [1.82, 2.24) is 0 Å². The molecule has 2 aliphatic heterocycles. The van der Waals surface area contributed by atoms with Gasteiger partial charge >= 0.3 is 11.9 Å². The standard InChI is InChI=1S/C17H22O6/c1-6-5-9-10(7(2)16(20)22-9)15(21-8(3)18)17(4)11(6)12-13(23-12)14(17)19/h6,9-15,19H,2,5H2,1,3-4H3. The van der Waals surface area contributed by atoms with E-state index >= 15 is 0 Å². The third-order valence-electron chi connectivity index (χ3n) is 6.35. The molecule has 6 nitrogen and oxygen atoms in total. The van der Waals surface area contributed by atoms with Gasteiger partial charge in [0, 0.05) is 23.8 Å². The summed E-state index contributed by atoms with van der Waals surface area (Å²) in [6, 6.07) is 0. The Morgan fingerprint density at radius 1 is 1.43 bits per heavy atom. The molecule has 0 spiro atoms. The van der Waals surface area contributed by atoms with Gasteiger partial charge in [0.05, 0.1) is 18.1 Å². The minimum Gasteiger partial charge on any atom is -0.461 e. The Kier molecular flexibility index (Phi) is 3.01. The average Bonchev–Trinajstić information content (AvgIpc) is 3.14. The number of aliphatic hydroxyl groups is 1. The molecule has 1 N–H and O–H groups in total. The molecule has 0 aromatic rings. The van der Waals surface area contributed by atoms with E-state index in [0.29, 0.717) is 12.0 Å². The van der Waals surface area contributed by atoms with E-state index < -0.39 is 35.5 Å². The van der Waals surface area contributed by atoms with E-state index in [4.69, 9.17) is 14.2 Å². The normalized spacial score (nSPS) is 53.7. The first-order valence-corrected chi connectivity index (χ1v) is 8.17. The molecule has 0 bridgehead atoms. The molecule has 4 aliphatic rings. The minimum atomic E-state index is -0.730. The maximum Gasteiger partial charge on any atom is 0.334 e. The van der Waals surface area contributed by atoms with Gasteiger partial charge in [-0.3, -0.25) is 4.79 Å². The first kappa shape index (κ1) is 15.1. The van der Waals surface area contributed by atoms with Gasteiger partial charge in [-0.1, -0.05) is 20.4 Å². The first-order valence-electron chi connectivity index (χ1n) is 8.17. The van der Waals surface area contributed by atoms with Gasteiger partial charge in [-0.2, -0.15) is 0 Å². The molecule has 126 valence electrons. The van der Waals surface area contributed by atoms with Crippen molar-refractivity contribution in [3.63, 3.8) is 0 Å². The van der Waals surface area contributed by atoms with Gasteiger partial charge in [-0.25, -0.2) is 4.79 Å². The van der Waals surface area contributed by atoms with E-state index in [1.165, 1.54) is 6.92 Å². The van der Waals surface area contributed by atoms with Gasteiger partial charge in [0.1, 0.15) is 18.3 Å².